The van der Waals surface area contributed by atoms with Crippen molar-refractivity contribution in [2.75, 3.05) is 12.4 Å². The highest BCUT2D eigenvalue weighted by Gasteiger charge is 2.15. The molecule has 2 aromatic carbocycles. The standard InChI is InChI=1S/C16H15FN4O3/c1-21-13-5-3-4-9(14(13)19-20-21)8-18-12-7-10(16(22)23)6-11(17)15(12)24-2/h3-7,18H,8H2,1-2H3,(H,22,23). The predicted octanol–water partition coefficient (Wildman–Crippen LogP) is 2.43. The van der Waals surface area contributed by atoms with E-state index in [2.05, 4.69) is 15.6 Å². The minimum Gasteiger partial charge on any atom is -0.492 e. The average molecular weight is 330 g/mol. The number of halogens is 1. The van der Waals surface area contributed by atoms with Gasteiger partial charge in [-0.25, -0.2) is 13.9 Å². The summed E-state index contributed by atoms with van der Waals surface area (Å²) < 4.78 is 20.7. The van der Waals surface area contributed by atoms with Gasteiger partial charge in [-0.05, 0) is 18.2 Å². The lowest BCUT2D eigenvalue weighted by Crippen LogP contribution is -2.06. The lowest BCUT2D eigenvalue weighted by atomic mass is 10.1. The van der Waals surface area contributed by atoms with Gasteiger partial charge in [0.25, 0.3) is 0 Å². The number of aromatic nitrogens is 3. The molecule has 0 amide bonds. The maximum Gasteiger partial charge on any atom is 0.335 e. The van der Waals surface area contributed by atoms with Gasteiger partial charge in [0.05, 0.1) is 23.9 Å². The monoisotopic (exact) mass is 330 g/mol. The molecule has 124 valence electrons. The molecule has 0 bridgehead atoms. The third-order valence-corrected chi connectivity index (χ3v) is 3.69. The van der Waals surface area contributed by atoms with Crippen molar-refractivity contribution in [1.29, 1.82) is 0 Å². The van der Waals surface area contributed by atoms with Crippen LogP contribution < -0.4 is 10.1 Å². The van der Waals surface area contributed by atoms with Gasteiger partial charge in [-0.15, -0.1) is 5.10 Å². The Balaban J connectivity index is 1.94. The van der Waals surface area contributed by atoms with Crippen LogP contribution in [0.5, 0.6) is 5.75 Å². The largest absolute Gasteiger partial charge is 0.492 e. The zero-order valence-corrected chi connectivity index (χ0v) is 13.1. The van der Waals surface area contributed by atoms with Gasteiger partial charge < -0.3 is 15.2 Å². The van der Waals surface area contributed by atoms with Crippen molar-refractivity contribution in [3.8, 4) is 5.75 Å². The van der Waals surface area contributed by atoms with Crippen molar-refractivity contribution in [3.63, 3.8) is 0 Å². The molecule has 2 N–H and O–H groups in total. The summed E-state index contributed by atoms with van der Waals surface area (Å²) in [5.41, 5.74) is 2.54. The molecule has 3 aromatic rings. The molecular formula is C16H15FN4O3. The summed E-state index contributed by atoms with van der Waals surface area (Å²) in [6.07, 6.45) is 0. The number of carboxylic acid groups (broad SMARTS) is 1. The summed E-state index contributed by atoms with van der Waals surface area (Å²) in [4.78, 5) is 11.1. The van der Waals surface area contributed by atoms with Gasteiger partial charge in [0.2, 0.25) is 0 Å². The molecule has 0 spiro atoms. The predicted molar refractivity (Wildman–Crippen MR) is 85.7 cm³/mol. The molecule has 1 heterocycles. The summed E-state index contributed by atoms with van der Waals surface area (Å²) in [7, 11) is 3.12. The van der Waals surface area contributed by atoms with Crippen molar-refractivity contribution in [2.45, 2.75) is 6.54 Å². The molecule has 0 aliphatic carbocycles. The van der Waals surface area contributed by atoms with Crippen LogP contribution in [-0.2, 0) is 13.6 Å². The highest BCUT2D eigenvalue weighted by Crippen LogP contribution is 2.30. The van der Waals surface area contributed by atoms with Crippen molar-refractivity contribution in [3.05, 3.63) is 47.3 Å². The first-order valence-corrected chi connectivity index (χ1v) is 7.13. The van der Waals surface area contributed by atoms with Crippen LogP contribution in [0.25, 0.3) is 11.0 Å². The molecule has 0 fully saturated rings. The van der Waals surface area contributed by atoms with Crippen molar-refractivity contribution in [1.82, 2.24) is 15.0 Å². The number of rotatable bonds is 5. The van der Waals surface area contributed by atoms with Gasteiger partial charge in [0, 0.05) is 19.2 Å². The van der Waals surface area contributed by atoms with Gasteiger partial charge in [-0.2, -0.15) is 0 Å². The van der Waals surface area contributed by atoms with E-state index in [4.69, 9.17) is 9.84 Å². The lowest BCUT2D eigenvalue weighted by Gasteiger charge is -2.13. The van der Waals surface area contributed by atoms with Crippen molar-refractivity contribution < 1.29 is 19.0 Å². The van der Waals surface area contributed by atoms with Crippen LogP contribution in [0.4, 0.5) is 10.1 Å². The smallest absolute Gasteiger partial charge is 0.335 e. The van der Waals surface area contributed by atoms with Crippen LogP contribution in [0.3, 0.4) is 0 Å². The maximum absolute atomic E-state index is 14.0. The Labute approximate surface area is 136 Å². The van der Waals surface area contributed by atoms with E-state index in [1.165, 1.54) is 13.2 Å². The van der Waals surface area contributed by atoms with Crippen LogP contribution in [0, 0.1) is 5.82 Å². The van der Waals surface area contributed by atoms with Gasteiger partial charge in [0.1, 0.15) is 5.52 Å². The second kappa shape index (κ2) is 6.15. The van der Waals surface area contributed by atoms with Crippen LogP contribution in [0.1, 0.15) is 15.9 Å². The molecule has 7 nitrogen and oxygen atoms in total. The van der Waals surface area contributed by atoms with Crippen LogP contribution in [0.15, 0.2) is 30.3 Å². The normalized spacial score (nSPS) is 10.8. The number of methoxy groups -OCH3 is 1. The van der Waals surface area contributed by atoms with Gasteiger partial charge in [-0.1, -0.05) is 17.3 Å². The topological polar surface area (TPSA) is 89.3 Å². The minimum atomic E-state index is -1.21. The molecule has 8 heteroatoms. The highest BCUT2D eigenvalue weighted by atomic mass is 19.1. The fourth-order valence-corrected chi connectivity index (χ4v) is 2.50. The fourth-order valence-electron chi connectivity index (χ4n) is 2.50. The highest BCUT2D eigenvalue weighted by molar-refractivity contribution is 5.89. The summed E-state index contributed by atoms with van der Waals surface area (Å²) in [5.74, 6) is -1.99. The van der Waals surface area contributed by atoms with Gasteiger partial charge >= 0.3 is 5.97 Å². The van der Waals surface area contributed by atoms with E-state index in [-0.39, 0.29) is 17.0 Å². The molecule has 24 heavy (non-hydrogen) atoms. The summed E-state index contributed by atoms with van der Waals surface area (Å²) in [6.45, 7) is 0.314. The van der Waals surface area contributed by atoms with Crippen LogP contribution >= 0.6 is 0 Å². The molecule has 0 atom stereocenters. The number of aryl methyl sites for hydroxylation is 1. The number of fused-ring (bicyclic) bond motifs is 1. The van der Waals surface area contributed by atoms with Crippen LogP contribution in [-0.4, -0.2) is 33.2 Å². The number of carbonyl (C=O) groups is 1. The van der Waals surface area contributed by atoms with E-state index in [0.29, 0.717) is 6.54 Å². The average Bonchev–Trinajstić information content (AvgIpc) is 2.94. The number of aromatic carboxylic acids is 1. The van der Waals surface area contributed by atoms with E-state index in [9.17, 15) is 9.18 Å². The second-order valence-electron chi connectivity index (χ2n) is 5.20. The molecule has 0 aliphatic rings. The summed E-state index contributed by atoms with van der Waals surface area (Å²) in [5, 5.41) is 20.2. The van der Waals surface area contributed by atoms with E-state index in [1.54, 1.807) is 11.7 Å². The number of nitrogens with one attached hydrogen (secondary N) is 1. The number of ether oxygens (including phenoxy) is 1. The van der Waals surface area contributed by atoms with Crippen molar-refractivity contribution in [2.24, 2.45) is 7.05 Å². The zero-order chi connectivity index (χ0) is 17.3. The first-order valence-electron chi connectivity index (χ1n) is 7.13. The lowest BCUT2D eigenvalue weighted by molar-refractivity contribution is 0.0696. The third-order valence-electron chi connectivity index (χ3n) is 3.69. The molecular weight excluding hydrogens is 315 g/mol. The molecule has 0 aliphatic heterocycles. The minimum absolute atomic E-state index is 0.0358. The molecule has 1 aromatic heterocycles. The number of hydrogen-bond donors (Lipinski definition) is 2. The van der Waals surface area contributed by atoms with Crippen LogP contribution in [0.2, 0.25) is 0 Å². The first-order chi connectivity index (χ1) is 11.5. The molecule has 0 radical (unpaired) electrons. The Morgan fingerprint density at radius 1 is 1.42 bits per heavy atom. The molecule has 3 rings (SSSR count). The van der Waals surface area contributed by atoms with E-state index in [0.717, 1.165) is 22.7 Å². The quantitative estimate of drug-likeness (QED) is 0.747. The molecule has 0 unspecified atom stereocenters. The van der Waals surface area contributed by atoms with Crippen molar-refractivity contribution >= 4 is 22.7 Å². The number of carboxylic acids is 1. The molecule has 0 saturated heterocycles. The number of benzene rings is 2. The Kier molecular flexibility index (Phi) is 4.03. The van der Waals surface area contributed by atoms with Gasteiger partial charge in [0.15, 0.2) is 11.6 Å². The Hall–Kier alpha value is -3.16. The first kappa shape index (κ1) is 15.7. The molecule has 0 saturated carbocycles. The Morgan fingerprint density at radius 2 is 2.21 bits per heavy atom. The zero-order valence-electron chi connectivity index (χ0n) is 13.1. The number of hydrogen-bond acceptors (Lipinski definition) is 5. The second-order valence-corrected chi connectivity index (χ2v) is 5.20. The van der Waals surface area contributed by atoms with E-state index in [1.807, 2.05) is 18.2 Å². The third kappa shape index (κ3) is 2.73. The fraction of sp³-hybridized carbons (Fsp3) is 0.188. The number of nitrogens with zero attached hydrogens (tertiary/aromatic N) is 3. The maximum atomic E-state index is 14.0. The SMILES string of the molecule is COc1c(F)cc(C(=O)O)cc1NCc1cccc2c1nnn2C. The Bertz CT molecular complexity index is 923. The van der Waals surface area contributed by atoms with E-state index >= 15 is 0 Å². The number of anilines is 1. The summed E-state index contributed by atoms with van der Waals surface area (Å²) >= 11 is 0. The summed E-state index contributed by atoms with van der Waals surface area (Å²) in [6, 6.07) is 7.89. The van der Waals surface area contributed by atoms with E-state index < -0.39 is 11.8 Å². The van der Waals surface area contributed by atoms with Gasteiger partial charge in [-0.3, -0.25) is 0 Å². The Morgan fingerprint density at radius 3 is 2.92 bits per heavy atom.